The van der Waals surface area contributed by atoms with Gasteiger partial charge in [-0.15, -0.1) is 0 Å². The largest absolute Gasteiger partial charge is 0.399 e. The van der Waals surface area contributed by atoms with E-state index in [-0.39, 0.29) is 5.69 Å². The monoisotopic (exact) mass is 293 g/mol. The molecule has 1 aromatic rings. The summed E-state index contributed by atoms with van der Waals surface area (Å²) < 4.78 is 51.7. The summed E-state index contributed by atoms with van der Waals surface area (Å²) in [5.74, 6) is -3.51. The maximum absolute atomic E-state index is 13.4. The molecular weight excluding hydrogens is 280 g/mol. The Morgan fingerprint density at radius 1 is 1.37 bits per heavy atom. The number of amides is 1. The van der Waals surface area contributed by atoms with Gasteiger partial charge in [-0.05, 0) is 19.1 Å². The predicted octanol–water partition coefficient (Wildman–Crippen LogP) is -0.0386. The summed E-state index contributed by atoms with van der Waals surface area (Å²) in [6.07, 6.45) is 0. The molecule has 19 heavy (non-hydrogen) atoms. The third-order valence-corrected chi connectivity index (χ3v) is 3.50. The third-order valence-electron chi connectivity index (χ3n) is 2.10. The molecule has 1 aromatic carbocycles. The van der Waals surface area contributed by atoms with Gasteiger partial charge in [-0.25, -0.2) is 21.9 Å². The molecule has 0 spiro atoms. The molecule has 0 aliphatic carbocycles. The van der Waals surface area contributed by atoms with E-state index in [9.17, 15) is 22.0 Å². The normalized spacial score (nSPS) is 11.3. The van der Waals surface area contributed by atoms with Crippen LogP contribution in [0, 0.1) is 11.6 Å². The van der Waals surface area contributed by atoms with Crippen molar-refractivity contribution in [3.8, 4) is 0 Å². The Morgan fingerprint density at radius 3 is 2.58 bits per heavy atom. The lowest BCUT2D eigenvalue weighted by molar-refractivity contribution is -0.119. The Hall–Kier alpha value is -1.74. The summed E-state index contributed by atoms with van der Waals surface area (Å²) in [6, 6.07) is 1.44. The number of nitrogen functional groups attached to an aromatic ring is 1. The molecule has 106 valence electrons. The van der Waals surface area contributed by atoms with Crippen molar-refractivity contribution in [2.24, 2.45) is 0 Å². The van der Waals surface area contributed by atoms with Gasteiger partial charge in [-0.3, -0.25) is 4.79 Å². The van der Waals surface area contributed by atoms with Crippen molar-refractivity contribution in [3.63, 3.8) is 0 Å². The average Bonchev–Trinajstić information content (AvgIpc) is 2.31. The summed E-state index contributed by atoms with van der Waals surface area (Å²) in [4.78, 5) is 10.2. The Bertz CT molecular complexity index is 590. The average molecular weight is 293 g/mol. The maximum atomic E-state index is 13.4. The number of hydrogen-bond donors (Lipinski definition) is 3. The van der Waals surface area contributed by atoms with Gasteiger partial charge in [0, 0.05) is 12.2 Å². The zero-order chi connectivity index (χ0) is 14.6. The van der Waals surface area contributed by atoms with Crippen LogP contribution in [0.15, 0.2) is 17.0 Å². The summed E-state index contributed by atoms with van der Waals surface area (Å²) in [7, 11) is -4.36. The van der Waals surface area contributed by atoms with Crippen LogP contribution in [0.2, 0.25) is 0 Å². The van der Waals surface area contributed by atoms with Crippen LogP contribution in [0.1, 0.15) is 6.92 Å². The van der Waals surface area contributed by atoms with Crippen molar-refractivity contribution in [1.29, 1.82) is 0 Å². The number of nitrogens with two attached hydrogens (primary N) is 1. The molecule has 0 saturated heterocycles. The van der Waals surface area contributed by atoms with Crippen molar-refractivity contribution in [2.45, 2.75) is 11.8 Å². The summed E-state index contributed by atoms with van der Waals surface area (Å²) in [5.41, 5.74) is 5.01. The zero-order valence-corrected chi connectivity index (χ0v) is 10.9. The van der Waals surface area contributed by atoms with Gasteiger partial charge in [-0.2, -0.15) is 0 Å². The molecule has 0 aliphatic heterocycles. The van der Waals surface area contributed by atoms with E-state index in [2.05, 4.69) is 5.32 Å². The number of carbonyl (C=O) groups is 1. The fourth-order valence-electron chi connectivity index (χ4n) is 1.28. The first-order valence-electron chi connectivity index (χ1n) is 5.28. The second kappa shape index (κ2) is 5.93. The second-order valence-corrected chi connectivity index (χ2v) is 5.33. The van der Waals surface area contributed by atoms with E-state index in [0.717, 1.165) is 6.07 Å². The molecule has 0 bridgehead atoms. The van der Waals surface area contributed by atoms with Crippen LogP contribution >= 0.6 is 0 Å². The molecule has 6 nitrogen and oxygen atoms in total. The van der Waals surface area contributed by atoms with Crippen molar-refractivity contribution in [1.82, 2.24) is 10.0 Å². The molecule has 4 N–H and O–H groups in total. The van der Waals surface area contributed by atoms with E-state index in [1.165, 1.54) is 0 Å². The lowest BCUT2D eigenvalue weighted by Crippen LogP contribution is -2.37. The molecule has 0 unspecified atom stereocenters. The minimum absolute atomic E-state index is 0.239. The smallest absolute Gasteiger partial charge is 0.244 e. The minimum Gasteiger partial charge on any atom is -0.399 e. The quantitative estimate of drug-likeness (QED) is 0.663. The lowest BCUT2D eigenvalue weighted by atomic mass is 10.3. The highest BCUT2D eigenvalue weighted by atomic mass is 32.2. The van der Waals surface area contributed by atoms with Crippen LogP contribution in [0.25, 0.3) is 0 Å². The van der Waals surface area contributed by atoms with Crippen LogP contribution in [0.5, 0.6) is 0 Å². The van der Waals surface area contributed by atoms with E-state index in [1.807, 2.05) is 4.72 Å². The minimum atomic E-state index is -4.36. The summed E-state index contributed by atoms with van der Waals surface area (Å²) in [6.45, 7) is 1.40. The summed E-state index contributed by atoms with van der Waals surface area (Å²) in [5, 5.41) is 2.35. The molecule has 0 heterocycles. The van der Waals surface area contributed by atoms with E-state index >= 15 is 0 Å². The topological polar surface area (TPSA) is 101 Å². The van der Waals surface area contributed by atoms with Crippen LogP contribution < -0.4 is 15.8 Å². The SMILES string of the molecule is CCNC(=O)CNS(=O)(=O)c1cc(N)cc(F)c1F. The number of nitrogens with one attached hydrogen (secondary N) is 2. The molecule has 0 aromatic heterocycles. The second-order valence-electron chi connectivity index (χ2n) is 3.59. The fourth-order valence-corrected chi connectivity index (χ4v) is 2.38. The number of hydrogen-bond acceptors (Lipinski definition) is 4. The first-order chi connectivity index (χ1) is 8.77. The fraction of sp³-hybridized carbons (Fsp3) is 0.300. The Morgan fingerprint density at radius 2 is 2.00 bits per heavy atom. The van der Waals surface area contributed by atoms with Crippen LogP contribution in [0.3, 0.4) is 0 Å². The van der Waals surface area contributed by atoms with E-state index in [0.29, 0.717) is 12.6 Å². The highest BCUT2D eigenvalue weighted by Crippen LogP contribution is 2.20. The molecule has 0 fully saturated rings. The van der Waals surface area contributed by atoms with Gasteiger partial charge in [0.1, 0.15) is 4.90 Å². The first kappa shape index (κ1) is 15.3. The molecule has 0 saturated carbocycles. The number of carbonyl (C=O) groups excluding carboxylic acids is 1. The van der Waals surface area contributed by atoms with Crippen LogP contribution in [0.4, 0.5) is 14.5 Å². The van der Waals surface area contributed by atoms with Gasteiger partial charge in [0.25, 0.3) is 0 Å². The molecule has 0 atom stereocenters. The van der Waals surface area contributed by atoms with Gasteiger partial charge in [0.2, 0.25) is 15.9 Å². The number of halogens is 2. The van der Waals surface area contributed by atoms with Gasteiger partial charge in [-0.1, -0.05) is 0 Å². The Kier molecular flexibility index (Phi) is 4.78. The third kappa shape index (κ3) is 3.86. The molecule has 1 amide bonds. The van der Waals surface area contributed by atoms with Gasteiger partial charge >= 0.3 is 0 Å². The van der Waals surface area contributed by atoms with E-state index < -0.39 is 39.0 Å². The van der Waals surface area contributed by atoms with Gasteiger partial charge < -0.3 is 11.1 Å². The zero-order valence-electron chi connectivity index (χ0n) is 10.0. The van der Waals surface area contributed by atoms with E-state index in [1.54, 1.807) is 6.92 Å². The van der Waals surface area contributed by atoms with Crippen molar-refractivity contribution in [2.75, 3.05) is 18.8 Å². The Labute approximate surface area is 109 Å². The van der Waals surface area contributed by atoms with Gasteiger partial charge in [0.05, 0.1) is 6.54 Å². The number of likely N-dealkylation sites (N-methyl/N-ethyl adjacent to an activating group) is 1. The molecule has 0 radical (unpaired) electrons. The van der Waals surface area contributed by atoms with Crippen molar-refractivity contribution in [3.05, 3.63) is 23.8 Å². The maximum Gasteiger partial charge on any atom is 0.244 e. The van der Waals surface area contributed by atoms with Crippen LogP contribution in [-0.4, -0.2) is 27.4 Å². The van der Waals surface area contributed by atoms with Crippen LogP contribution in [-0.2, 0) is 14.8 Å². The molecular formula is C10H13F2N3O3S. The molecule has 9 heteroatoms. The number of anilines is 1. The number of sulfonamides is 1. The van der Waals surface area contributed by atoms with Crippen molar-refractivity contribution < 1.29 is 22.0 Å². The lowest BCUT2D eigenvalue weighted by Gasteiger charge is -2.09. The molecule has 1 rings (SSSR count). The predicted molar refractivity (Wildman–Crippen MR) is 64.6 cm³/mol. The standard InChI is InChI=1S/C10H13F2N3O3S/c1-2-14-9(16)5-15-19(17,18)8-4-6(13)3-7(11)10(8)12/h3-4,15H,2,5,13H2,1H3,(H,14,16). The highest BCUT2D eigenvalue weighted by Gasteiger charge is 2.23. The Balaban J connectivity index is 2.98. The van der Waals surface area contributed by atoms with Gasteiger partial charge in [0.15, 0.2) is 11.6 Å². The van der Waals surface area contributed by atoms with E-state index in [4.69, 9.17) is 5.73 Å². The van der Waals surface area contributed by atoms with Crippen molar-refractivity contribution >= 4 is 21.6 Å². The summed E-state index contributed by atoms with van der Waals surface area (Å²) >= 11 is 0. The molecule has 0 aliphatic rings. The highest BCUT2D eigenvalue weighted by molar-refractivity contribution is 7.89. The number of benzene rings is 1. The first-order valence-corrected chi connectivity index (χ1v) is 6.77. The number of rotatable bonds is 5.